The third-order valence-electron chi connectivity index (χ3n) is 4.77. The van der Waals surface area contributed by atoms with Gasteiger partial charge in [0.2, 0.25) is 17.7 Å². The van der Waals surface area contributed by atoms with Gasteiger partial charge in [-0.15, -0.1) is 0 Å². The molecule has 32 heavy (non-hydrogen) atoms. The molecule has 0 saturated carbocycles. The highest BCUT2D eigenvalue weighted by Crippen LogP contribution is 2.26. The Hall–Kier alpha value is -2.61. The normalized spacial score (nSPS) is 12.1. The van der Waals surface area contributed by atoms with Crippen molar-refractivity contribution in [3.63, 3.8) is 0 Å². The van der Waals surface area contributed by atoms with Crippen LogP contribution in [0.1, 0.15) is 47.0 Å². The molecule has 0 aliphatic carbocycles. The summed E-state index contributed by atoms with van der Waals surface area (Å²) in [7, 11) is 3.17. The van der Waals surface area contributed by atoms with E-state index in [4.69, 9.17) is 9.47 Å². The maximum Gasteiger partial charge on any atom is 0.243 e. The van der Waals surface area contributed by atoms with Crippen LogP contribution in [0.4, 0.5) is 5.69 Å². The molecule has 1 atom stereocenters. The number of anilines is 1. The number of nitrogens with one attached hydrogen (secondary N) is 2. The van der Waals surface area contributed by atoms with Crippen LogP contribution in [0.15, 0.2) is 24.3 Å². The first-order chi connectivity index (χ1) is 15.0. The molecule has 1 aromatic rings. The Bertz CT molecular complexity index is 728. The van der Waals surface area contributed by atoms with Gasteiger partial charge in [-0.2, -0.15) is 0 Å². The van der Waals surface area contributed by atoms with E-state index >= 15 is 0 Å². The van der Waals surface area contributed by atoms with Crippen molar-refractivity contribution >= 4 is 23.4 Å². The van der Waals surface area contributed by atoms with Crippen molar-refractivity contribution in [2.45, 2.75) is 47.0 Å². The van der Waals surface area contributed by atoms with Crippen LogP contribution in [0.25, 0.3) is 0 Å². The predicted molar refractivity (Wildman–Crippen MR) is 126 cm³/mol. The molecule has 180 valence electrons. The second-order valence-corrected chi connectivity index (χ2v) is 9.29. The average Bonchev–Trinajstić information content (AvgIpc) is 2.70. The fourth-order valence-electron chi connectivity index (χ4n) is 3.52. The fraction of sp³-hybridized carbons (Fsp3) is 0.625. The molecule has 8 nitrogen and oxygen atoms in total. The van der Waals surface area contributed by atoms with Gasteiger partial charge < -0.3 is 25.0 Å². The van der Waals surface area contributed by atoms with Gasteiger partial charge in [-0.05, 0) is 48.4 Å². The minimum Gasteiger partial charge on any atom is -0.497 e. The largest absolute Gasteiger partial charge is 0.497 e. The van der Waals surface area contributed by atoms with Gasteiger partial charge in [-0.3, -0.25) is 14.4 Å². The molecule has 3 amide bonds. The number of hydrogen-bond acceptors (Lipinski definition) is 5. The van der Waals surface area contributed by atoms with Crippen molar-refractivity contribution in [3.8, 4) is 5.75 Å². The van der Waals surface area contributed by atoms with Crippen molar-refractivity contribution < 1.29 is 23.9 Å². The summed E-state index contributed by atoms with van der Waals surface area (Å²) in [6.07, 6.45) is 1.94. The first-order valence-electron chi connectivity index (χ1n) is 11.0. The van der Waals surface area contributed by atoms with Gasteiger partial charge in [0, 0.05) is 32.4 Å². The Labute approximate surface area is 192 Å². The monoisotopic (exact) mass is 449 g/mol. The molecule has 0 radical (unpaired) electrons. The number of carbonyl (C=O) groups excluding carboxylic acids is 3. The highest BCUT2D eigenvalue weighted by molar-refractivity contribution is 5.95. The minimum atomic E-state index is -0.371. The minimum absolute atomic E-state index is 0.0595. The smallest absolute Gasteiger partial charge is 0.243 e. The van der Waals surface area contributed by atoms with Crippen LogP contribution < -0.4 is 15.4 Å². The summed E-state index contributed by atoms with van der Waals surface area (Å²) in [5, 5.41) is 5.30. The highest BCUT2D eigenvalue weighted by atomic mass is 16.5. The molecule has 1 unspecified atom stereocenters. The zero-order chi connectivity index (χ0) is 24.1. The third kappa shape index (κ3) is 11.7. The molecule has 2 N–H and O–H groups in total. The number of nitrogens with zero attached hydrogens (tertiary/aromatic N) is 1. The van der Waals surface area contributed by atoms with Gasteiger partial charge >= 0.3 is 0 Å². The van der Waals surface area contributed by atoms with Crippen molar-refractivity contribution in [3.05, 3.63) is 24.3 Å². The van der Waals surface area contributed by atoms with Crippen molar-refractivity contribution in [2.75, 3.05) is 45.8 Å². The molecule has 0 aliphatic heterocycles. The highest BCUT2D eigenvalue weighted by Gasteiger charge is 2.22. The molecule has 0 spiro atoms. The summed E-state index contributed by atoms with van der Waals surface area (Å²) in [5.74, 6) is 0.122. The van der Waals surface area contributed by atoms with Gasteiger partial charge in [0.1, 0.15) is 5.75 Å². The predicted octanol–water partition coefficient (Wildman–Crippen LogP) is 3.08. The SMILES string of the molecule is COCCCN(CC(=O)NCC(=O)Nc1ccc(OC)cc1)C(=O)CC(C)CC(C)(C)C. The summed E-state index contributed by atoms with van der Waals surface area (Å²) in [4.78, 5) is 38.9. The molecule has 0 aromatic heterocycles. The van der Waals surface area contributed by atoms with Crippen LogP contribution in [0.2, 0.25) is 0 Å². The van der Waals surface area contributed by atoms with Gasteiger partial charge in [-0.1, -0.05) is 27.7 Å². The molecule has 0 heterocycles. The summed E-state index contributed by atoms with van der Waals surface area (Å²) in [6, 6.07) is 6.90. The molecule has 1 aromatic carbocycles. The Balaban J connectivity index is 2.56. The molecular formula is C24H39N3O5. The summed E-state index contributed by atoms with van der Waals surface area (Å²) >= 11 is 0. The number of rotatable bonds is 13. The number of hydrogen-bond donors (Lipinski definition) is 2. The zero-order valence-corrected chi connectivity index (χ0v) is 20.3. The van der Waals surface area contributed by atoms with Crippen LogP contribution in [0.5, 0.6) is 5.75 Å². The molecule has 0 bridgehead atoms. The second-order valence-electron chi connectivity index (χ2n) is 9.29. The Morgan fingerprint density at radius 3 is 2.28 bits per heavy atom. The molecule has 8 heteroatoms. The van der Waals surface area contributed by atoms with Crippen molar-refractivity contribution in [2.24, 2.45) is 11.3 Å². The van der Waals surface area contributed by atoms with E-state index in [0.29, 0.717) is 37.4 Å². The first-order valence-corrected chi connectivity index (χ1v) is 11.0. The lowest BCUT2D eigenvalue weighted by molar-refractivity contribution is -0.137. The lowest BCUT2D eigenvalue weighted by atomic mass is 9.84. The van der Waals surface area contributed by atoms with Crippen LogP contribution in [0.3, 0.4) is 0 Å². The first kappa shape index (κ1) is 27.4. The zero-order valence-electron chi connectivity index (χ0n) is 20.3. The Morgan fingerprint density at radius 2 is 1.72 bits per heavy atom. The molecular weight excluding hydrogens is 410 g/mol. The van der Waals surface area contributed by atoms with E-state index in [1.165, 1.54) is 0 Å². The maximum absolute atomic E-state index is 12.8. The van der Waals surface area contributed by atoms with Crippen LogP contribution in [-0.2, 0) is 19.1 Å². The van der Waals surface area contributed by atoms with Crippen LogP contribution in [-0.4, -0.2) is 63.1 Å². The second kappa shape index (κ2) is 13.7. The van der Waals surface area contributed by atoms with Crippen molar-refractivity contribution in [1.29, 1.82) is 0 Å². The number of amides is 3. The Morgan fingerprint density at radius 1 is 1.06 bits per heavy atom. The van der Waals surface area contributed by atoms with E-state index in [-0.39, 0.29) is 42.1 Å². The van der Waals surface area contributed by atoms with E-state index in [1.807, 2.05) is 0 Å². The molecule has 0 aliphatic rings. The van der Waals surface area contributed by atoms with Crippen LogP contribution >= 0.6 is 0 Å². The topological polar surface area (TPSA) is 97.0 Å². The quantitative estimate of drug-likeness (QED) is 0.451. The molecule has 0 saturated heterocycles. The van der Waals surface area contributed by atoms with E-state index in [0.717, 1.165) is 6.42 Å². The number of ether oxygens (including phenoxy) is 2. The maximum atomic E-state index is 12.8. The van der Waals surface area contributed by atoms with E-state index in [9.17, 15) is 14.4 Å². The summed E-state index contributed by atoms with van der Waals surface area (Å²) in [6.45, 7) is 9.18. The van der Waals surface area contributed by atoms with Gasteiger partial charge in [0.25, 0.3) is 0 Å². The standard InChI is InChI=1S/C24H39N3O5/c1-18(15-24(2,3)4)14-23(30)27(12-7-13-31-5)17-22(29)25-16-21(28)26-19-8-10-20(32-6)11-9-19/h8-11,18H,7,12-17H2,1-6H3,(H,25,29)(H,26,28). The number of benzene rings is 1. The third-order valence-corrected chi connectivity index (χ3v) is 4.77. The number of carbonyl (C=O) groups is 3. The number of methoxy groups -OCH3 is 2. The lowest BCUT2D eigenvalue weighted by Gasteiger charge is -2.26. The molecule has 0 fully saturated rings. The Kier molecular flexibility index (Phi) is 11.8. The summed E-state index contributed by atoms with van der Waals surface area (Å²) in [5.41, 5.74) is 0.740. The van der Waals surface area contributed by atoms with Crippen LogP contribution in [0, 0.1) is 11.3 Å². The lowest BCUT2D eigenvalue weighted by Crippen LogP contribution is -2.43. The van der Waals surface area contributed by atoms with Crippen molar-refractivity contribution in [1.82, 2.24) is 10.2 Å². The van der Waals surface area contributed by atoms with E-state index < -0.39 is 0 Å². The van der Waals surface area contributed by atoms with Gasteiger partial charge in [-0.25, -0.2) is 0 Å². The van der Waals surface area contributed by atoms with E-state index in [1.54, 1.807) is 43.4 Å². The molecule has 1 rings (SSSR count). The average molecular weight is 450 g/mol. The summed E-state index contributed by atoms with van der Waals surface area (Å²) < 4.78 is 10.2. The van der Waals surface area contributed by atoms with Gasteiger partial charge in [0.05, 0.1) is 20.2 Å². The van der Waals surface area contributed by atoms with E-state index in [2.05, 4.69) is 38.3 Å². The fourth-order valence-corrected chi connectivity index (χ4v) is 3.52. The van der Waals surface area contributed by atoms with Gasteiger partial charge in [0.15, 0.2) is 0 Å².